The lowest BCUT2D eigenvalue weighted by atomic mass is 10.1. The van der Waals surface area contributed by atoms with Gasteiger partial charge in [-0.3, -0.25) is 0 Å². The fourth-order valence-electron chi connectivity index (χ4n) is 1.32. The molecule has 12 heavy (non-hydrogen) atoms. The summed E-state index contributed by atoms with van der Waals surface area (Å²) >= 11 is 0. The minimum Gasteiger partial charge on any atom is -0.504 e. The van der Waals surface area contributed by atoms with Crippen molar-refractivity contribution >= 4 is 18.1 Å². The van der Waals surface area contributed by atoms with E-state index < -0.39 is 0 Å². The van der Waals surface area contributed by atoms with Gasteiger partial charge in [-0.2, -0.15) is 0 Å². The van der Waals surface area contributed by atoms with Crippen LogP contribution in [-0.4, -0.2) is 16.8 Å². The number of hydrogen-bond donors (Lipinski definition) is 3. The fraction of sp³-hybridized carbons (Fsp3) is 0.250. The molecule has 0 spiro atoms. The van der Waals surface area contributed by atoms with Crippen molar-refractivity contribution in [1.29, 1.82) is 0 Å². The first-order valence-electron chi connectivity index (χ1n) is 3.56. The lowest BCUT2D eigenvalue weighted by Gasteiger charge is -2.01. The topological polar surface area (TPSA) is 52.5 Å². The number of phenolic OH excluding ortho intramolecular Hbond substituents is 2. The number of halogens is 1. The molecule has 1 aliphatic rings. The van der Waals surface area contributed by atoms with Crippen LogP contribution in [0.25, 0.3) is 0 Å². The molecule has 0 bridgehead atoms. The molecule has 2 rings (SSSR count). The SMILES string of the molecule is Cl.Oc1cc2c(cc1O)NCC2. The van der Waals surface area contributed by atoms with Crippen LogP contribution in [-0.2, 0) is 6.42 Å². The Labute approximate surface area is 76.4 Å². The van der Waals surface area contributed by atoms with Crippen molar-refractivity contribution in [3.63, 3.8) is 0 Å². The zero-order valence-electron chi connectivity index (χ0n) is 6.37. The number of benzene rings is 1. The standard InChI is InChI=1S/C8H9NO2.ClH/c10-7-3-5-1-2-9-6(5)4-8(7)11;/h3-4,9-11H,1-2H2;1H. The Kier molecular flexibility index (Phi) is 2.33. The Morgan fingerprint density at radius 2 is 1.83 bits per heavy atom. The highest BCUT2D eigenvalue weighted by Gasteiger charge is 2.12. The number of rotatable bonds is 0. The maximum atomic E-state index is 9.11. The molecule has 0 radical (unpaired) electrons. The highest BCUT2D eigenvalue weighted by molar-refractivity contribution is 5.85. The van der Waals surface area contributed by atoms with Crippen LogP contribution in [0.4, 0.5) is 5.69 Å². The molecule has 0 atom stereocenters. The Morgan fingerprint density at radius 3 is 2.58 bits per heavy atom. The minimum atomic E-state index is -0.0573. The largest absolute Gasteiger partial charge is 0.504 e. The number of hydrogen-bond acceptors (Lipinski definition) is 3. The second-order valence-corrected chi connectivity index (χ2v) is 2.67. The fourth-order valence-corrected chi connectivity index (χ4v) is 1.32. The summed E-state index contributed by atoms with van der Waals surface area (Å²) in [5.41, 5.74) is 2.00. The first-order valence-corrected chi connectivity index (χ1v) is 3.56. The summed E-state index contributed by atoms with van der Waals surface area (Å²) in [6.45, 7) is 0.887. The molecule has 0 saturated heterocycles. The molecule has 0 saturated carbocycles. The van der Waals surface area contributed by atoms with Crippen LogP contribution in [0.1, 0.15) is 5.56 Å². The highest BCUT2D eigenvalue weighted by Crippen LogP contribution is 2.33. The summed E-state index contributed by atoms with van der Waals surface area (Å²) in [5, 5.41) is 21.3. The van der Waals surface area contributed by atoms with Gasteiger partial charge in [-0.1, -0.05) is 0 Å². The van der Waals surface area contributed by atoms with Crippen molar-refractivity contribution in [1.82, 2.24) is 0 Å². The van der Waals surface area contributed by atoms with Crippen LogP contribution in [0, 0.1) is 0 Å². The van der Waals surface area contributed by atoms with Gasteiger partial charge in [0.05, 0.1) is 0 Å². The predicted octanol–water partition coefficient (Wildman–Crippen LogP) is 1.49. The molecule has 3 N–H and O–H groups in total. The van der Waals surface area contributed by atoms with Gasteiger partial charge in [0.1, 0.15) is 0 Å². The normalized spacial score (nSPS) is 13.0. The van der Waals surface area contributed by atoms with Crippen LogP contribution >= 0.6 is 12.4 Å². The summed E-state index contributed by atoms with van der Waals surface area (Å²) in [4.78, 5) is 0. The molecule has 1 aromatic carbocycles. The van der Waals surface area contributed by atoms with Gasteiger partial charge in [-0.05, 0) is 18.1 Å². The van der Waals surface area contributed by atoms with Crippen molar-refractivity contribution in [2.75, 3.05) is 11.9 Å². The summed E-state index contributed by atoms with van der Waals surface area (Å²) < 4.78 is 0. The lowest BCUT2D eigenvalue weighted by molar-refractivity contribution is 0.403. The number of nitrogens with one attached hydrogen (secondary N) is 1. The monoisotopic (exact) mass is 187 g/mol. The number of anilines is 1. The van der Waals surface area contributed by atoms with Gasteiger partial charge in [0.25, 0.3) is 0 Å². The van der Waals surface area contributed by atoms with Gasteiger partial charge < -0.3 is 15.5 Å². The van der Waals surface area contributed by atoms with Crippen LogP contribution in [0.3, 0.4) is 0 Å². The third-order valence-electron chi connectivity index (χ3n) is 1.91. The van der Waals surface area contributed by atoms with E-state index in [0.29, 0.717) is 0 Å². The van der Waals surface area contributed by atoms with E-state index >= 15 is 0 Å². The first-order chi connectivity index (χ1) is 5.27. The molecule has 0 fully saturated rings. The third-order valence-corrected chi connectivity index (χ3v) is 1.91. The Bertz CT molecular complexity index is 272. The quantitative estimate of drug-likeness (QED) is 0.426. The van der Waals surface area contributed by atoms with E-state index in [1.165, 1.54) is 0 Å². The van der Waals surface area contributed by atoms with Gasteiger partial charge in [0.15, 0.2) is 11.5 Å². The molecule has 1 heterocycles. The van der Waals surface area contributed by atoms with Gasteiger partial charge in [0, 0.05) is 18.3 Å². The molecule has 0 amide bonds. The van der Waals surface area contributed by atoms with Crippen LogP contribution in [0.15, 0.2) is 12.1 Å². The van der Waals surface area contributed by atoms with Crippen molar-refractivity contribution < 1.29 is 10.2 Å². The zero-order chi connectivity index (χ0) is 7.84. The van der Waals surface area contributed by atoms with Crippen molar-refractivity contribution in [2.45, 2.75) is 6.42 Å². The minimum absolute atomic E-state index is 0. The number of aromatic hydroxyl groups is 2. The third kappa shape index (κ3) is 1.28. The molecule has 1 aromatic rings. The van der Waals surface area contributed by atoms with Gasteiger partial charge in [-0.25, -0.2) is 0 Å². The van der Waals surface area contributed by atoms with E-state index in [1.807, 2.05) is 0 Å². The molecular weight excluding hydrogens is 178 g/mol. The van der Waals surface area contributed by atoms with E-state index in [4.69, 9.17) is 10.2 Å². The second kappa shape index (κ2) is 3.11. The van der Waals surface area contributed by atoms with E-state index in [1.54, 1.807) is 12.1 Å². The van der Waals surface area contributed by atoms with E-state index in [-0.39, 0.29) is 23.9 Å². The van der Waals surface area contributed by atoms with E-state index in [9.17, 15) is 0 Å². The maximum absolute atomic E-state index is 9.11. The second-order valence-electron chi connectivity index (χ2n) is 2.67. The lowest BCUT2D eigenvalue weighted by Crippen LogP contribution is -1.90. The number of phenols is 2. The Hall–Kier alpha value is -1.09. The smallest absolute Gasteiger partial charge is 0.159 e. The molecule has 1 aliphatic heterocycles. The molecule has 0 aliphatic carbocycles. The summed E-state index contributed by atoms with van der Waals surface area (Å²) in [6.07, 6.45) is 0.920. The molecule has 3 nitrogen and oxygen atoms in total. The van der Waals surface area contributed by atoms with Crippen molar-refractivity contribution in [2.24, 2.45) is 0 Å². The molecule has 0 aromatic heterocycles. The van der Waals surface area contributed by atoms with Gasteiger partial charge in [-0.15, -0.1) is 12.4 Å². The van der Waals surface area contributed by atoms with Crippen molar-refractivity contribution in [3.8, 4) is 11.5 Å². The first kappa shape index (κ1) is 9.00. The average molecular weight is 188 g/mol. The van der Waals surface area contributed by atoms with Gasteiger partial charge in [0.2, 0.25) is 0 Å². The van der Waals surface area contributed by atoms with Gasteiger partial charge >= 0.3 is 0 Å². The predicted molar refractivity (Wildman–Crippen MR) is 49.2 cm³/mol. The molecule has 4 heteroatoms. The highest BCUT2D eigenvalue weighted by atomic mass is 35.5. The summed E-state index contributed by atoms with van der Waals surface area (Å²) in [6, 6.07) is 3.16. The molecule has 66 valence electrons. The summed E-state index contributed by atoms with van der Waals surface area (Å²) in [5.74, 6) is -0.0920. The van der Waals surface area contributed by atoms with Crippen molar-refractivity contribution in [3.05, 3.63) is 17.7 Å². The van der Waals surface area contributed by atoms with E-state index in [2.05, 4.69) is 5.32 Å². The van der Waals surface area contributed by atoms with E-state index in [0.717, 1.165) is 24.2 Å². The van der Waals surface area contributed by atoms with Crippen LogP contribution in [0.2, 0.25) is 0 Å². The summed E-state index contributed by atoms with van der Waals surface area (Å²) in [7, 11) is 0. The average Bonchev–Trinajstić information content (AvgIpc) is 2.36. The van der Waals surface area contributed by atoms with Crippen LogP contribution < -0.4 is 5.32 Å². The van der Waals surface area contributed by atoms with Crippen LogP contribution in [0.5, 0.6) is 11.5 Å². The number of fused-ring (bicyclic) bond motifs is 1. The zero-order valence-corrected chi connectivity index (χ0v) is 7.19. The maximum Gasteiger partial charge on any atom is 0.159 e. The molecular formula is C8H10ClNO2. The Morgan fingerprint density at radius 1 is 1.17 bits per heavy atom. The Balaban J connectivity index is 0.000000720. The molecule has 0 unspecified atom stereocenters.